The number of nitrogens with zero attached hydrogens (tertiary/aromatic N) is 4. The molecule has 3 aromatic rings. The quantitative estimate of drug-likeness (QED) is 0.713. The van der Waals surface area contributed by atoms with Crippen molar-refractivity contribution in [3.8, 4) is 11.5 Å². The summed E-state index contributed by atoms with van der Waals surface area (Å²) in [7, 11) is -1.87. The molecule has 1 saturated carbocycles. The van der Waals surface area contributed by atoms with Crippen LogP contribution in [0.2, 0.25) is 0 Å². The van der Waals surface area contributed by atoms with E-state index in [4.69, 9.17) is 4.42 Å². The molecule has 0 saturated heterocycles. The molecule has 0 aliphatic heterocycles. The molecule has 0 aromatic carbocycles. The molecule has 1 aliphatic rings. The highest BCUT2D eigenvalue weighted by atomic mass is 32.2. The first kappa shape index (κ1) is 17.0. The standard InChI is InChI=1S/C17H21N5O3S/c1-11-14(12(2)21(3)20-11)10-22(13-4-5-13)26(23,24)17-7-6-16(25-17)15-8-9-18-19-15/h6-9,13H,4-5,10H2,1-3H3,(H,18,19). The van der Waals surface area contributed by atoms with E-state index >= 15 is 0 Å². The lowest BCUT2D eigenvalue weighted by molar-refractivity contribution is 0.370. The largest absolute Gasteiger partial charge is 0.442 e. The fraction of sp³-hybridized carbons (Fsp3) is 0.412. The molecule has 4 rings (SSSR count). The van der Waals surface area contributed by atoms with Gasteiger partial charge in [0, 0.05) is 37.1 Å². The van der Waals surface area contributed by atoms with Crippen molar-refractivity contribution in [3.05, 3.63) is 41.3 Å². The monoisotopic (exact) mass is 375 g/mol. The second-order valence-electron chi connectivity index (χ2n) is 6.64. The highest BCUT2D eigenvalue weighted by Gasteiger charge is 2.40. The van der Waals surface area contributed by atoms with Crippen molar-refractivity contribution in [2.45, 2.75) is 44.4 Å². The van der Waals surface area contributed by atoms with E-state index in [9.17, 15) is 8.42 Å². The molecule has 9 heteroatoms. The molecule has 8 nitrogen and oxygen atoms in total. The normalized spacial score (nSPS) is 15.1. The van der Waals surface area contributed by atoms with Crippen molar-refractivity contribution in [1.82, 2.24) is 24.3 Å². The van der Waals surface area contributed by atoms with Gasteiger partial charge >= 0.3 is 0 Å². The van der Waals surface area contributed by atoms with Crippen LogP contribution in [0.5, 0.6) is 0 Å². The van der Waals surface area contributed by atoms with E-state index in [1.54, 1.807) is 27.3 Å². The van der Waals surface area contributed by atoms with Gasteiger partial charge in [-0.15, -0.1) is 0 Å². The fourth-order valence-electron chi connectivity index (χ4n) is 3.09. The van der Waals surface area contributed by atoms with E-state index in [0.29, 0.717) is 18.0 Å². The Morgan fingerprint density at radius 2 is 2.08 bits per heavy atom. The van der Waals surface area contributed by atoms with E-state index in [-0.39, 0.29) is 11.1 Å². The molecule has 138 valence electrons. The van der Waals surface area contributed by atoms with Crippen molar-refractivity contribution >= 4 is 10.0 Å². The summed E-state index contributed by atoms with van der Waals surface area (Å²) in [5.74, 6) is 0.450. The van der Waals surface area contributed by atoms with Gasteiger partial charge in [-0.05, 0) is 44.9 Å². The molecule has 1 fully saturated rings. The third-order valence-corrected chi connectivity index (χ3v) is 6.61. The number of aromatic nitrogens is 4. The average Bonchev–Trinajstić information content (AvgIpc) is 3.01. The average molecular weight is 375 g/mol. The van der Waals surface area contributed by atoms with Crippen molar-refractivity contribution in [2.75, 3.05) is 0 Å². The van der Waals surface area contributed by atoms with Gasteiger partial charge in [0.25, 0.3) is 10.0 Å². The van der Waals surface area contributed by atoms with Gasteiger partial charge in [-0.25, -0.2) is 8.42 Å². The molecule has 0 spiro atoms. The van der Waals surface area contributed by atoms with Gasteiger partial charge in [0.1, 0.15) is 5.69 Å². The second-order valence-corrected chi connectivity index (χ2v) is 8.46. The van der Waals surface area contributed by atoms with Crippen LogP contribution >= 0.6 is 0 Å². The smallest absolute Gasteiger partial charge is 0.277 e. The number of furan rings is 1. The Balaban J connectivity index is 1.68. The summed E-state index contributed by atoms with van der Waals surface area (Å²) in [6, 6.07) is 4.89. The lowest BCUT2D eigenvalue weighted by atomic mass is 10.2. The molecule has 3 heterocycles. The zero-order valence-corrected chi connectivity index (χ0v) is 15.7. The highest BCUT2D eigenvalue weighted by Crippen LogP contribution is 2.35. The number of H-pyrrole nitrogens is 1. The number of aryl methyl sites for hydroxylation is 2. The maximum Gasteiger partial charge on any atom is 0.277 e. The first-order valence-electron chi connectivity index (χ1n) is 8.48. The van der Waals surface area contributed by atoms with E-state index in [1.165, 1.54) is 6.07 Å². The minimum Gasteiger partial charge on any atom is -0.442 e. The number of hydrogen-bond acceptors (Lipinski definition) is 5. The van der Waals surface area contributed by atoms with Crippen LogP contribution in [0, 0.1) is 13.8 Å². The Morgan fingerprint density at radius 3 is 2.65 bits per heavy atom. The lowest BCUT2D eigenvalue weighted by Gasteiger charge is -2.20. The lowest BCUT2D eigenvalue weighted by Crippen LogP contribution is -2.32. The van der Waals surface area contributed by atoms with Crippen LogP contribution in [0.3, 0.4) is 0 Å². The van der Waals surface area contributed by atoms with Crippen molar-refractivity contribution in [1.29, 1.82) is 0 Å². The Bertz CT molecular complexity index is 1030. The SMILES string of the molecule is Cc1nn(C)c(C)c1CN(C1CC1)S(=O)(=O)c1ccc(-c2ccn[nH]2)o1. The van der Waals surface area contributed by atoms with Crippen LogP contribution in [0.15, 0.2) is 33.9 Å². The summed E-state index contributed by atoms with van der Waals surface area (Å²) in [5.41, 5.74) is 3.41. The zero-order valence-electron chi connectivity index (χ0n) is 14.9. The zero-order chi connectivity index (χ0) is 18.5. The molecular formula is C17H21N5O3S. The Hall–Kier alpha value is -2.39. The Labute approximate surface area is 151 Å². The number of nitrogens with one attached hydrogen (secondary N) is 1. The van der Waals surface area contributed by atoms with Gasteiger partial charge in [-0.1, -0.05) is 0 Å². The van der Waals surface area contributed by atoms with Crippen LogP contribution in [0.4, 0.5) is 0 Å². The first-order chi connectivity index (χ1) is 12.4. The summed E-state index contributed by atoms with van der Waals surface area (Å²) in [4.78, 5) is 0. The first-order valence-corrected chi connectivity index (χ1v) is 9.92. The predicted molar refractivity (Wildman–Crippen MR) is 94.7 cm³/mol. The van der Waals surface area contributed by atoms with Crippen LogP contribution < -0.4 is 0 Å². The number of rotatable bonds is 6. The Morgan fingerprint density at radius 1 is 1.31 bits per heavy atom. The summed E-state index contributed by atoms with van der Waals surface area (Å²) in [6.45, 7) is 4.16. The molecule has 0 bridgehead atoms. The van der Waals surface area contributed by atoms with Gasteiger partial charge in [0.15, 0.2) is 5.76 Å². The van der Waals surface area contributed by atoms with Crippen molar-refractivity contribution < 1.29 is 12.8 Å². The fourth-order valence-corrected chi connectivity index (χ4v) is 4.66. The van der Waals surface area contributed by atoms with Gasteiger partial charge in [-0.2, -0.15) is 14.5 Å². The molecule has 1 aliphatic carbocycles. The van der Waals surface area contributed by atoms with Crippen molar-refractivity contribution in [3.63, 3.8) is 0 Å². The number of hydrogen-bond donors (Lipinski definition) is 1. The third kappa shape index (κ3) is 2.86. The van der Waals surface area contributed by atoms with Gasteiger partial charge in [0.05, 0.1) is 5.69 Å². The molecule has 0 radical (unpaired) electrons. The molecule has 26 heavy (non-hydrogen) atoms. The predicted octanol–water partition coefficient (Wildman–Crippen LogP) is 2.37. The summed E-state index contributed by atoms with van der Waals surface area (Å²) in [6.07, 6.45) is 3.33. The summed E-state index contributed by atoms with van der Waals surface area (Å²) in [5, 5.41) is 11.0. The number of aromatic amines is 1. The topological polar surface area (TPSA) is 97.0 Å². The highest BCUT2D eigenvalue weighted by molar-refractivity contribution is 7.89. The minimum atomic E-state index is -3.74. The molecule has 0 amide bonds. The Kier molecular flexibility index (Phi) is 4.00. The van der Waals surface area contributed by atoms with E-state index < -0.39 is 10.0 Å². The van der Waals surface area contributed by atoms with Crippen LogP contribution in [0.1, 0.15) is 29.8 Å². The van der Waals surface area contributed by atoms with Crippen LogP contribution in [0.25, 0.3) is 11.5 Å². The third-order valence-electron chi connectivity index (χ3n) is 4.84. The molecule has 1 N–H and O–H groups in total. The summed E-state index contributed by atoms with van der Waals surface area (Å²) < 4.78 is 35.4. The molecule has 3 aromatic heterocycles. The van der Waals surface area contributed by atoms with E-state index in [0.717, 1.165) is 29.8 Å². The van der Waals surface area contributed by atoms with Gasteiger partial charge < -0.3 is 4.42 Å². The van der Waals surface area contributed by atoms with Gasteiger partial charge in [-0.3, -0.25) is 9.78 Å². The molecule has 0 atom stereocenters. The second kappa shape index (κ2) is 6.10. The van der Waals surface area contributed by atoms with E-state index in [1.807, 2.05) is 20.9 Å². The molecular weight excluding hydrogens is 354 g/mol. The minimum absolute atomic E-state index is 0.0136. The van der Waals surface area contributed by atoms with Crippen LogP contribution in [-0.2, 0) is 23.6 Å². The van der Waals surface area contributed by atoms with Crippen molar-refractivity contribution in [2.24, 2.45) is 7.05 Å². The summed E-state index contributed by atoms with van der Waals surface area (Å²) >= 11 is 0. The number of sulfonamides is 1. The van der Waals surface area contributed by atoms with E-state index in [2.05, 4.69) is 15.3 Å². The van der Waals surface area contributed by atoms with Crippen LogP contribution in [-0.4, -0.2) is 38.7 Å². The maximum atomic E-state index is 13.2. The maximum absolute atomic E-state index is 13.2. The van der Waals surface area contributed by atoms with Gasteiger partial charge in [0.2, 0.25) is 5.09 Å². The molecule has 0 unspecified atom stereocenters.